The number of aryl methyl sites for hydroxylation is 1. The highest BCUT2D eigenvalue weighted by molar-refractivity contribution is 7.15. The molecule has 30 heavy (non-hydrogen) atoms. The van der Waals surface area contributed by atoms with Gasteiger partial charge >= 0.3 is 0 Å². The minimum absolute atomic E-state index is 0.00276. The molecule has 0 spiro atoms. The van der Waals surface area contributed by atoms with Gasteiger partial charge in [0.2, 0.25) is 11.8 Å². The average Bonchev–Trinajstić information content (AvgIpc) is 3.21. The summed E-state index contributed by atoms with van der Waals surface area (Å²) < 4.78 is 0. The predicted molar refractivity (Wildman–Crippen MR) is 117 cm³/mol. The van der Waals surface area contributed by atoms with E-state index in [2.05, 4.69) is 15.2 Å². The molecule has 0 aromatic carbocycles. The van der Waals surface area contributed by atoms with Gasteiger partial charge in [0.05, 0.1) is 5.69 Å². The Balaban J connectivity index is 1.32. The maximum atomic E-state index is 12.6. The van der Waals surface area contributed by atoms with E-state index in [-0.39, 0.29) is 23.7 Å². The second kappa shape index (κ2) is 9.12. The Morgan fingerprint density at radius 1 is 1.27 bits per heavy atom. The smallest absolute Gasteiger partial charge is 0.225 e. The normalized spacial score (nSPS) is 19.0. The summed E-state index contributed by atoms with van der Waals surface area (Å²) in [7, 11) is 0. The molecule has 7 nitrogen and oxygen atoms in total. The van der Waals surface area contributed by atoms with E-state index in [1.807, 2.05) is 30.9 Å². The summed E-state index contributed by atoms with van der Waals surface area (Å²) >= 11 is 1.71. The van der Waals surface area contributed by atoms with Crippen molar-refractivity contribution in [2.45, 2.75) is 39.7 Å². The summed E-state index contributed by atoms with van der Waals surface area (Å²) in [6.07, 6.45) is 5.96. The number of fused-ring (bicyclic) bond motifs is 1. The summed E-state index contributed by atoms with van der Waals surface area (Å²) in [5, 5.41) is 4.09. The lowest BCUT2D eigenvalue weighted by atomic mass is 9.90. The Morgan fingerprint density at radius 3 is 2.77 bits per heavy atom. The number of hydrogen-bond acceptors (Lipinski definition) is 6. The van der Waals surface area contributed by atoms with E-state index in [0.717, 1.165) is 61.8 Å². The maximum absolute atomic E-state index is 12.6. The number of carbonyl (C=O) groups is 2. The van der Waals surface area contributed by atoms with Crippen LogP contribution in [0.2, 0.25) is 0 Å². The molecule has 1 saturated heterocycles. The highest BCUT2D eigenvalue weighted by Gasteiger charge is 2.30. The van der Waals surface area contributed by atoms with E-state index in [9.17, 15) is 9.59 Å². The van der Waals surface area contributed by atoms with Crippen LogP contribution in [0.5, 0.6) is 0 Å². The number of thiazole rings is 1. The molecule has 1 aliphatic heterocycles. The molecule has 1 N–H and O–H groups in total. The zero-order chi connectivity index (χ0) is 21.1. The molecule has 2 amide bonds. The van der Waals surface area contributed by atoms with E-state index in [1.54, 1.807) is 23.7 Å². The van der Waals surface area contributed by atoms with Gasteiger partial charge in [0.1, 0.15) is 0 Å². The highest BCUT2D eigenvalue weighted by atomic mass is 32.1. The third-order valence-corrected chi connectivity index (χ3v) is 7.03. The number of rotatable bonds is 5. The first-order chi connectivity index (χ1) is 14.5. The number of hydrogen-bond donors (Lipinski definition) is 1. The summed E-state index contributed by atoms with van der Waals surface area (Å²) in [4.78, 5) is 39.3. The molecule has 1 fully saturated rings. The Hall–Kier alpha value is -2.48. The number of carbonyl (C=O) groups excluding carboxylic acids is 2. The molecule has 1 atom stereocenters. The van der Waals surface area contributed by atoms with Crippen molar-refractivity contribution in [3.8, 4) is 0 Å². The second-order valence-corrected chi connectivity index (χ2v) is 9.41. The van der Waals surface area contributed by atoms with Gasteiger partial charge in [-0.15, -0.1) is 11.3 Å². The predicted octanol–water partition coefficient (Wildman–Crippen LogP) is 2.26. The van der Waals surface area contributed by atoms with Crippen molar-refractivity contribution in [3.63, 3.8) is 0 Å². The molecule has 1 unspecified atom stereocenters. The van der Waals surface area contributed by atoms with Crippen LogP contribution in [0.1, 0.15) is 36.4 Å². The van der Waals surface area contributed by atoms with Crippen LogP contribution in [-0.4, -0.2) is 52.9 Å². The molecule has 8 heteroatoms. The van der Waals surface area contributed by atoms with Crippen molar-refractivity contribution in [1.82, 2.24) is 20.2 Å². The molecule has 0 saturated carbocycles. The van der Waals surface area contributed by atoms with Crippen molar-refractivity contribution >= 4 is 28.3 Å². The molecule has 4 rings (SSSR count). The van der Waals surface area contributed by atoms with E-state index in [1.165, 1.54) is 4.88 Å². The Kier molecular flexibility index (Phi) is 6.32. The van der Waals surface area contributed by atoms with E-state index < -0.39 is 0 Å². The Morgan fingerprint density at radius 2 is 2.07 bits per heavy atom. The van der Waals surface area contributed by atoms with Gasteiger partial charge in [0.25, 0.3) is 0 Å². The van der Waals surface area contributed by atoms with Crippen LogP contribution in [-0.2, 0) is 29.0 Å². The summed E-state index contributed by atoms with van der Waals surface area (Å²) in [6.45, 7) is 7.56. The molecule has 1 aliphatic carbocycles. The van der Waals surface area contributed by atoms with E-state index >= 15 is 0 Å². The SMILES string of the molecule is CC(C)C(=O)N1CCN(c2nc3c(s2)CC(C(=O)NCc2cccnc2)CC3)CC1. The molecule has 2 aromatic heterocycles. The first-order valence-corrected chi connectivity index (χ1v) is 11.5. The molecular weight excluding hydrogens is 398 g/mol. The summed E-state index contributed by atoms with van der Waals surface area (Å²) in [6, 6.07) is 3.85. The highest BCUT2D eigenvalue weighted by Crippen LogP contribution is 2.34. The van der Waals surface area contributed by atoms with Crippen molar-refractivity contribution in [1.29, 1.82) is 0 Å². The van der Waals surface area contributed by atoms with Crippen LogP contribution in [0.4, 0.5) is 5.13 Å². The van der Waals surface area contributed by atoms with E-state index in [4.69, 9.17) is 4.98 Å². The number of pyridine rings is 1. The van der Waals surface area contributed by atoms with Crippen molar-refractivity contribution in [2.75, 3.05) is 31.1 Å². The molecule has 0 radical (unpaired) electrons. The number of nitrogens with zero attached hydrogens (tertiary/aromatic N) is 4. The number of amides is 2. The van der Waals surface area contributed by atoms with Crippen LogP contribution in [0.15, 0.2) is 24.5 Å². The third-order valence-electron chi connectivity index (χ3n) is 5.84. The minimum Gasteiger partial charge on any atom is -0.352 e. The van der Waals surface area contributed by atoms with Gasteiger partial charge in [-0.05, 0) is 30.9 Å². The minimum atomic E-state index is 0.00276. The molecule has 3 heterocycles. The van der Waals surface area contributed by atoms with Crippen LogP contribution in [0.25, 0.3) is 0 Å². The Bertz CT molecular complexity index is 890. The van der Waals surface area contributed by atoms with Crippen LogP contribution >= 0.6 is 11.3 Å². The fraction of sp³-hybridized carbons (Fsp3) is 0.545. The number of nitrogens with one attached hydrogen (secondary N) is 1. The fourth-order valence-electron chi connectivity index (χ4n) is 4.04. The van der Waals surface area contributed by atoms with Crippen LogP contribution in [0.3, 0.4) is 0 Å². The van der Waals surface area contributed by atoms with Crippen LogP contribution < -0.4 is 10.2 Å². The maximum Gasteiger partial charge on any atom is 0.225 e. The van der Waals surface area contributed by atoms with Gasteiger partial charge in [-0.2, -0.15) is 0 Å². The lowest BCUT2D eigenvalue weighted by molar-refractivity contribution is -0.134. The number of anilines is 1. The van der Waals surface area contributed by atoms with Gasteiger partial charge in [0.15, 0.2) is 5.13 Å². The topological polar surface area (TPSA) is 78.4 Å². The van der Waals surface area contributed by atoms with Gasteiger partial charge in [0, 0.05) is 61.8 Å². The lowest BCUT2D eigenvalue weighted by Gasteiger charge is -2.35. The fourth-order valence-corrected chi connectivity index (χ4v) is 5.28. The quantitative estimate of drug-likeness (QED) is 0.792. The Labute approximate surface area is 181 Å². The molecule has 160 valence electrons. The van der Waals surface area contributed by atoms with Crippen molar-refractivity contribution in [2.24, 2.45) is 11.8 Å². The standard InChI is InChI=1S/C22H29N5O2S/c1-15(2)21(29)26-8-10-27(11-9-26)22-25-18-6-5-17(12-19(18)30-22)20(28)24-14-16-4-3-7-23-13-16/h3-4,7,13,15,17H,5-6,8-12,14H2,1-2H3,(H,24,28). The zero-order valence-corrected chi connectivity index (χ0v) is 18.5. The first-order valence-electron chi connectivity index (χ1n) is 10.7. The zero-order valence-electron chi connectivity index (χ0n) is 17.6. The number of piperazine rings is 1. The molecule has 2 aromatic rings. The first kappa shape index (κ1) is 20.8. The largest absolute Gasteiger partial charge is 0.352 e. The van der Waals surface area contributed by atoms with Gasteiger partial charge < -0.3 is 15.1 Å². The molecule has 0 bridgehead atoms. The lowest BCUT2D eigenvalue weighted by Crippen LogP contribution is -2.49. The van der Waals surface area contributed by atoms with Crippen LogP contribution in [0, 0.1) is 11.8 Å². The van der Waals surface area contributed by atoms with Gasteiger partial charge in [-0.1, -0.05) is 19.9 Å². The summed E-state index contributed by atoms with van der Waals surface area (Å²) in [5.74, 6) is 0.390. The third kappa shape index (κ3) is 4.64. The van der Waals surface area contributed by atoms with Crippen molar-refractivity contribution < 1.29 is 9.59 Å². The van der Waals surface area contributed by atoms with Gasteiger partial charge in [-0.3, -0.25) is 14.6 Å². The monoisotopic (exact) mass is 427 g/mol. The van der Waals surface area contributed by atoms with Crippen molar-refractivity contribution in [3.05, 3.63) is 40.7 Å². The van der Waals surface area contributed by atoms with E-state index in [0.29, 0.717) is 6.54 Å². The average molecular weight is 428 g/mol. The summed E-state index contributed by atoms with van der Waals surface area (Å²) in [5.41, 5.74) is 2.16. The second-order valence-electron chi connectivity index (χ2n) is 8.35. The molecular formula is C22H29N5O2S. The molecule has 2 aliphatic rings. The number of aromatic nitrogens is 2. The van der Waals surface area contributed by atoms with Gasteiger partial charge in [-0.25, -0.2) is 4.98 Å².